The predicted octanol–water partition coefficient (Wildman–Crippen LogP) is 4.91. The maximum Gasteiger partial charge on any atom is 0.246 e. The largest absolute Gasteiger partial charge is 0.495 e. The number of carbonyl (C=O) groups is 1. The summed E-state index contributed by atoms with van der Waals surface area (Å²) in [5.41, 5.74) is 3.64. The Morgan fingerprint density at radius 1 is 0.970 bits per heavy atom. The summed E-state index contributed by atoms with van der Waals surface area (Å²) in [4.78, 5) is 13.6. The lowest BCUT2D eigenvalue weighted by atomic mass is 10.0. The van der Waals surface area contributed by atoms with Crippen LogP contribution in [-0.2, 0) is 11.3 Å². The van der Waals surface area contributed by atoms with Gasteiger partial charge in [0.25, 0.3) is 0 Å². The van der Waals surface area contributed by atoms with Crippen molar-refractivity contribution in [3.8, 4) is 5.75 Å². The molecule has 6 heteroatoms. The number of hydrogen-bond acceptors (Lipinski definition) is 4. The fourth-order valence-electron chi connectivity index (χ4n) is 3.83. The number of aromatic nitrogens is 2. The molecule has 33 heavy (non-hydrogen) atoms. The van der Waals surface area contributed by atoms with Crippen LogP contribution in [0.2, 0.25) is 0 Å². The van der Waals surface area contributed by atoms with Crippen molar-refractivity contribution in [2.24, 2.45) is 0 Å². The van der Waals surface area contributed by atoms with Gasteiger partial charge in [-0.2, -0.15) is 5.10 Å². The number of benzene rings is 3. The molecule has 1 heterocycles. The van der Waals surface area contributed by atoms with Crippen LogP contribution in [0.4, 0.5) is 5.69 Å². The number of methoxy groups -OCH3 is 1. The van der Waals surface area contributed by atoms with Gasteiger partial charge in [-0.1, -0.05) is 66.7 Å². The molecule has 0 spiro atoms. The molecule has 0 aliphatic rings. The number of nitrogens with one attached hydrogen (secondary N) is 2. The van der Waals surface area contributed by atoms with E-state index in [4.69, 9.17) is 4.74 Å². The highest BCUT2D eigenvalue weighted by Gasteiger charge is 2.26. The maximum atomic E-state index is 13.6. The maximum absolute atomic E-state index is 13.6. The van der Waals surface area contributed by atoms with E-state index in [0.29, 0.717) is 18.0 Å². The van der Waals surface area contributed by atoms with Crippen molar-refractivity contribution < 1.29 is 9.53 Å². The zero-order valence-corrected chi connectivity index (χ0v) is 18.8. The summed E-state index contributed by atoms with van der Waals surface area (Å²) in [5, 5.41) is 11.0. The molecule has 0 fully saturated rings. The molecule has 168 valence electrons. The summed E-state index contributed by atoms with van der Waals surface area (Å²) in [5.74, 6) is 0.461. The number of rotatable bonds is 9. The molecule has 3 aromatic carbocycles. The highest BCUT2D eigenvalue weighted by molar-refractivity contribution is 5.96. The molecule has 0 radical (unpaired) electrons. The van der Waals surface area contributed by atoms with E-state index in [1.54, 1.807) is 13.3 Å². The van der Waals surface area contributed by atoms with Crippen LogP contribution < -0.4 is 15.4 Å². The molecular weight excluding hydrogens is 412 g/mol. The van der Waals surface area contributed by atoms with Crippen LogP contribution in [-0.4, -0.2) is 22.8 Å². The minimum absolute atomic E-state index is 0.138. The normalized spacial score (nSPS) is 12.7. The molecule has 0 saturated carbocycles. The topological polar surface area (TPSA) is 68.2 Å². The Morgan fingerprint density at radius 3 is 2.30 bits per heavy atom. The first-order valence-electron chi connectivity index (χ1n) is 10.9. The fraction of sp³-hybridized carbons (Fsp3) is 0.185. The lowest BCUT2D eigenvalue weighted by Gasteiger charge is -2.26. The Hall–Kier alpha value is -3.90. The van der Waals surface area contributed by atoms with Crippen LogP contribution >= 0.6 is 0 Å². The standard InChI is InChI=1S/C27H28N4O2/c1-20-14-15-25(33-2)23(18-20)30-27(32)26(22-12-7-4-8-13-22)29-24(19-31-17-9-16-28-31)21-10-5-3-6-11-21/h3-18,24,26,29H,19H2,1-2H3,(H,30,32)/t24-,26+/m1/s1. The Morgan fingerprint density at radius 2 is 1.67 bits per heavy atom. The number of anilines is 1. The van der Waals surface area contributed by atoms with Gasteiger partial charge in [-0.05, 0) is 41.8 Å². The van der Waals surface area contributed by atoms with Gasteiger partial charge >= 0.3 is 0 Å². The molecule has 2 atom stereocenters. The predicted molar refractivity (Wildman–Crippen MR) is 130 cm³/mol. The third-order valence-electron chi connectivity index (χ3n) is 5.51. The molecule has 1 amide bonds. The Balaban J connectivity index is 1.66. The van der Waals surface area contributed by atoms with Crippen LogP contribution in [0.25, 0.3) is 0 Å². The molecule has 0 bridgehead atoms. The Kier molecular flexibility index (Phi) is 7.17. The summed E-state index contributed by atoms with van der Waals surface area (Å²) >= 11 is 0. The van der Waals surface area contributed by atoms with Crippen molar-refractivity contribution >= 4 is 11.6 Å². The van der Waals surface area contributed by atoms with Gasteiger partial charge in [0.05, 0.1) is 25.4 Å². The zero-order chi connectivity index (χ0) is 23.0. The number of aryl methyl sites for hydroxylation is 1. The SMILES string of the molecule is COc1ccc(C)cc1NC(=O)[C@@H](N[C@H](Cn1cccn1)c1ccccc1)c1ccccc1. The first-order chi connectivity index (χ1) is 16.1. The van der Waals surface area contributed by atoms with Gasteiger partial charge < -0.3 is 10.1 Å². The highest BCUT2D eigenvalue weighted by atomic mass is 16.5. The summed E-state index contributed by atoms with van der Waals surface area (Å²) in [6.45, 7) is 2.57. The number of carbonyl (C=O) groups excluding carboxylic acids is 1. The van der Waals surface area contributed by atoms with Crippen LogP contribution in [0.3, 0.4) is 0 Å². The fourth-order valence-corrected chi connectivity index (χ4v) is 3.83. The Labute approximate surface area is 194 Å². The van der Waals surface area contributed by atoms with Gasteiger partial charge in [0.1, 0.15) is 11.8 Å². The van der Waals surface area contributed by atoms with E-state index in [0.717, 1.165) is 16.7 Å². The smallest absolute Gasteiger partial charge is 0.246 e. The van der Waals surface area contributed by atoms with Crippen molar-refractivity contribution in [1.82, 2.24) is 15.1 Å². The minimum atomic E-state index is -0.586. The third kappa shape index (κ3) is 5.67. The second kappa shape index (κ2) is 10.6. The van der Waals surface area contributed by atoms with Crippen molar-refractivity contribution in [1.29, 1.82) is 0 Å². The van der Waals surface area contributed by atoms with Crippen LogP contribution in [0.1, 0.15) is 28.8 Å². The van der Waals surface area contributed by atoms with E-state index in [1.807, 2.05) is 90.6 Å². The quantitative estimate of drug-likeness (QED) is 0.388. The number of hydrogen-bond donors (Lipinski definition) is 2. The first-order valence-corrected chi connectivity index (χ1v) is 10.9. The summed E-state index contributed by atoms with van der Waals surface area (Å²) in [6.07, 6.45) is 3.68. The summed E-state index contributed by atoms with van der Waals surface area (Å²) in [7, 11) is 1.60. The number of ether oxygens (including phenoxy) is 1. The van der Waals surface area contributed by atoms with Crippen molar-refractivity contribution in [3.63, 3.8) is 0 Å². The minimum Gasteiger partial charge on any atom is -0.495 e. The molecule has 0 aliphatic heterocycles. The van der Waals surface area contributed by atoms with Gasteiger partial charge in [-0.15, -0.1) is 0 Å². The average molecular weight is 441 g/mol. The first kappa shape index (κ1) is 22.3. The van der Waals surface area contributed by atoms with E-state index >= 15 is 0 Å². The zero-order valence-electron chi connectivity index (χ0n) is 18.8. The molecular formula is C27H28N4O2. The van der Waals surface area contributed by atoms with E-state index in [2.05, 4.69) is 27.9 Å². The van der Waals surface area contributed by atoms with Crippen molar-refractivity contribution in [3.05, 3.63) is 114 Å². The third-order valence-corrected chi connectivity index (χ3v) is 5.51. The molecule has 0 aliphatic carbocycles. The molecule has 0 saturated heterocycles. The van der Waals surface area contributed by atoms with Crippen LogP contribution in [0.5, 0.6) is 5.75 Å². The molecule has 2 N–H and O–H groups in total. The van der Waals surface area contributed by atoms with Gasteiger partial charge in [0, 0.05) is 12.4 Å². The molecule has 6 nitrogen and oxygen atoms in total. The molecule has 4 rings (SSSR count). The van der Waals surface area contributed by atoms with Gasteiger partial charge in [0.15, 0.2) is 0 Å². The summed E-state index contributed by atoms with van der Waals surface area (Å²) < 4.78 is 7.33. The van der Waals surface area contributed by atoms with Gasteiger partial charge in [-0.3, -0.25) is 14.8 Å². The molecule has 4 aromatic rings. The van der Waals surface area contributed by atoms with Crippen LogP contribution in [0, 0.1) is 6.92 Å². The monoisotopic (exact) mass is 440 g/mol. The second-order valence-electron chi connectivity index (χ2n) is 7.89. The van der Waals surface area contributed by atoms with Crippen molar-refractivity contribution in [2.75, 3.05) is 12.4 Å². The molecule has 0 unspecified atom stereocenters. The van der Waals surface area contributed by atoms with Gasteiger partial charge in [0.2, 0.25) is 5.91 Å². The lowest BCUT2D eigenvalue weighted by molar-refractivity contribution is -0.118. The number of nitrogens with zero attached hydrogens (tertiary/aromatic N) is 2. The van der Waals surface area contributed by atoms with E-state index in [1.165, 1.54) is 0 Å². The number of amides is 1. The lowest BCUT2D eigenvalue weighted by Crippen LogP contribution is -2.37. The van der Waals surface area contributed by atoms with E-state index in [-0.39, 0.29) is 11.9 Å². The second-order valence-corrected chi connectivity index (χ2v) is 7.89. The average Bonchev–Trinajstić information content (AvgIpc) is 3.36. The van der Waals surface area contributed by atoms with E-state index in [9.17, 15) is 4.79 Å². The highest BCUT2D eigenvalue weighted by Crippen LogP contribution is 2.28. The van der Waals surface area contributed by atoms with E-state index < -0.39 is 6.04 Å². The molecule has 1 aromatic heterocycles. The van der Waals surface area contributed by atoms with Gasteiger partial charge in [-0.25, -0.2) is 0 Å². The van der Waals surface area contributed by atoms with Crippen molar-refractivity contribution in [2.45, 2.75) is 25.6 Å². The van der Waals surface area contributed by atoms with Crippen LogP contribution in [0.15, 0.2) is 97.3 Å². The Bertz CT molecular complexity index is 1160. The summed E-state index contributed by atoms with van der Waals surface area (Å²) in [6, 6.07) is 26.8.